The van der Waals surface area contributed by atoms with E-state index in [1.807, 2.05) is 0 Å². The van der Waals surface area contributed by atoms with Gasteiger partial charge in [0.1, 0.15) is 11.6 Å². The number of benzene rings is 1. The highest BCUT2D eigenvalue weighted by Gasteiger charge is 2.31. The van der Waals surface area contributed by atoms with Crippen LogP contribution in [-0.2, 0) is 14.8 Å². The Morgan fingerprint density at radius 3 is 2.45 bits per heavy atom. The second kappa shape index (κ2) is 5.61. The van der Waals surface area contributed by atoms with Crippen LogP contribution in [0.2, 0.25) is 0 Å². The molecule has 0 atom stereocenters. The second-order valence-electron chi connectivity index (χ2n) is 5.20. The van der Waals surface area contributed by atoms with Crippen molar-refractivity contribution in [1.29, 1.82) is 0 Å². The first-order valence-corrected chi connectivity index (χ1v) is 8.03. The molecular formula is C14H18FNO3S. The van der Waals surface area contributed by atoms with E-state index in [4.69, 9.17) is 0 Å². The minimum absolute atomic E-state index is 0.0128. The molecule has 1 aromatic rings. The number of hydrogen-bond acceptors (Lipinski definition) is 3. The van der Waals surface area contributed by atoms with Gasteiger partial charge >= 0.3 is 0 Å². The number of hydrogen-bond donors (Lipinski definition) is 0. The van der Waals surface area contributed by atoms with Gasteiger partial charge in [-0.1, -0.05) is 6.07 Å². The molecule has 4 nitrogen and oxygen atoms in total. The number of nitrogens with zero attached hydrogens (tertiary/aromatic N) is 1. The second-order valence-corrected chi connectivity index (χ2v) is 7.11. The van der Waals surface area contributed by atoms with Crippen molar-refractivity contribution in [3.63, 3.8) is 0 Å². The number of Topliss-reactive ketones (excluding diaryl/α,β-unsaturated/α-hetero) is 1. The van der Waals surface area contributed by atoms with E-state index in [2.05, 4.69) is 0 Å². The summed E-state index contributed by atoms with van der Waals surface area (Å²) < 4.78 is 39.6. The molecule has 20 heavy (non-hydrogen) atoms. The molecule has 6 heteroatoms. The van der Waals surface area contributed by atoms with Gasteiger partial charge in [0.05, 0.1) is 4.90 Å². The monoisotopic (exact) mass is 299 g/mol. The van der Waals surface area contributed by atoms with Crippen molar-refractivity contribution in [3.8, 4) is 0 Å². The average Bonchev–Trinajstić information content (AvgIpc) is 2.41. The fourth-order valence-electron chi connectivity index (χ4n) is 2.49. The van der Waals surface area contributed by atoms with E-state index < -0.39 is 15.8 Å². The number of rotatable bonds is 3. The first kappa shape index (κ1) is 15.1. The molecule has 0 aromatic heterocycles. The number of halogens is 1. The molecule has 0 bridgehead atoms. The molecule has 0 N–H and O–H groups in total. The molecule has 0 spiro atoms. The lowest BCUT2D eigenvalue weighted by Crippen LogP contribution is -2.40. The topological polar surface area (TPSA) is 54.5 Å². The maximum Gasteiger partial charge on any atom is 0.243 e. The van der Waals surface area contributed by atoms with Gasteiger partial charge < -0.3 is 0 Å². The van der Waals surface area contributed by atoms with Crippen LogP contribution in [0.15, 0.2) is 23.1 Å². The summed E-state index contributed by atoms with van der Waals surface area (Å²) in [5, 5.41) is 0. The molecule has 1 aliphatic rings. The summed E-state index contributed by atoms with van der Waals surface area (Å²) in [5.74, 6) is -0.521. The van der Waals surface area contributed by atoms with Crippen LogP contribution < -0.4 is 0 Å². The first-order valence-electron chi connectivity index (χ1n) is 6.59. The van der Waals surface area contributed by atoms with E-state index in [0.29, 0.717) is 31.5 Å². The molecule has 1 heterocycles. The van der Waals surface area contributed by atoms with E-state index in [1.165, 1.54) is 23.4 Å². The van der Waals surface area contributed by atoms with Crippen LogP contribution in [-0.4, -0.2) is 31.6 Å². The molecule has 1 aliphatic heterocycles. The molecule has 1 fully saturated rings. The van der Waals surface area contributed by atoms with Crippen molar-refractivity contribution in [2.24, 2.45) is 5.92 Å². The molecular weight excluding hydrogens is 281 g/mol. The van der Waals surface area contributed by atoms with Gasteiger partial charge in [0.15, 0.2) is 0 Å². The fraction of sp³-hybridized carbons (Fsp3) is 0.500. The van der Waals surface area contributed by atoms with E-state index >= 15 is 0 Å². The number of carbonyl (C=O) groups excluding carboxylic acids is 1. The predicted molar refractivity (Wildman–Crippen MR) is 73.3 cm³/mol. The van der Waals surface area contributed by atoms with Crippen molar-refractivity contribution in [2.45, 2.75) is 31.6 Å². The molecule has 0 unspecified atom stereocenters. The minimum atomic E-state index is -3.68. The van der Waals surface area contributed by atoms with Crippen LogP contribution >= 0.6 is 0 Å². The number of ketones is 1. The summed E-state index contributed by atoms with van der Waals surface area (Å²) in [4.78, 5) is 11.3. The first-order chi connectivity index (χ1) is 9.32. The van der Waals surface area contributed by atoms with E-state index in [9.17, 15) is 17.6 Å². The summed E-state index contributed by atoms with van der Waals surface area (Å²) in [6, 6.07) is 3.77. The third-order valence-corrected chi connectivity index (χ3v) is 5.84. The third-order valence-electron chi connectivity index (χ3n) is 3.80. The zero-order valence-electron chi connectivity index (χ0n) is 11.6. The van der Waals surface area contributed by atoms with Gasteiger partial charge in [-0.15, -0.1) is 0 Å². The number of sulfonamides is 1. The van der Waals surface area contributed by atoms with Crippen molar-refractivity contribution < 1.29 is 17.6 Å². The summed E-state index contributed by atoms with van der Waals surface area (Å²) in [7, 11) is -3.68. The quantitative estimate of drug-likeness (QED) is 0.859. The van der Waals surface area contributed by atoms with E-state index in [0.717, 1.165) is 6.07 Å². The Balaban J connectivity index is 2.24. The van der Waals surface area contributed by atoms with Crippen LogP contribution in [0.4, 0.5) is 4.39 Å². The van der Waals surface area contributed by atoms with Crippen LogP contribution in [0.5, 0.6) is 0 Å². The number of aryl methyl sites for hydroxylation is 1. The highest BCUT2D eigenvalue weighted by atomic mass is 32.2. The van der Waals surface area contributed by atoms with Gasteiger partial charge in [0.25, 0.3) is 0 Å². The molecule has 0 radical (unpaired) electrons. The van der Waals surface area contributed by atoms with Gasteiger partial charge in [0, 0.05) is 19.0 Å². The summed E-state index contributed by atoms with van der Waals surface area (Å²) in [5.41, 5.74) is 0.528. The smallest absolute Gasteiger partial charge is 0.243 e. The van der Waals surface area contributed by atoms with Gasteiger partial charge in [-0.2, -0.15) is 4.31 Å². The van der Waals surface area contributed by atoms with Crippen molar-refractivity contribution in [3.05, 3.63) is 29.6 Å². The zero-order chi connectivity index (χ0) is 14.9. The maximum atomic E-state index is 13.3. The van der Waals surface area contributed by atoms with Gasteiger partial charge in [-0.25, -0.2) is 12.8 Å². The average molecular weight is 299 g/mol. The highest BCUT2D eigenvalue weighted by Crippen LogP contribution is 2.26. The molecule has 1 saturated heterocycles. The summed E-state index contributed by atoms with van der Waals surface area (Å²) in [6.07, 6.45) is 1.06. The van der Waals surface area contributed by atoms with Crippen LogP contribution in [0, 0.1) is 18.7 Å². The predicted octanol–water partition coefficient (Wildman–Crippen LogP) is 2.12. The molecule has 2 rings (SSSR count). The number of carbonyl (C=O) groups is 1. The Hall–Kier alpha value is -1.27. The van der Waals surface area contributed by atoms with Crippen molar-refractivity contribution in [1.82, 2.24) is 4.31 Å². The van der Waals surface area contributed by atoms with Gasteiger partial charge in [0.2, 0.25) is 10.0 Å². The third kappa shape index (κ3) is 2.91. The van der Waals surface area contributed by atoms with Crippen molar-refractivity contribution >= 4 is 15.8 Å². The maximum absolute atomic E-state index is 13.3. The molecule has 110 valence electrons. The number of piperidine rings is 1. The van der Waals surface area contributed by atoms with E-state index in [-0.39, 0.29) is 16.6 Å². The normalized spacial score (nSPS) is 18.1. The molecule has 0 aliphatic carbocycles. The summed E-state index contributed by atoms with van der Waals surface area (Å²) in [6.45, 7) is 3.80. The Morgan fingerprint density at radius 1 is 1.30 bits per heavy atom. The standard InChI is InChI=1S/C14H18FNO3S/c1-10-3-4-13(15)9-14(10)20(18,19)16-7-5-12(6-8-16)11(2)17/h3-4,9,12H,5-8H2,1-2H3. The molecule has 0 amide bonds. The Kier molecular flexibility index (Phi) is 4.25. The molecule has 0 saturated carbocycles. The lowest BCUT2D eigenvalue weighted by molar-refractivity contribution is -0.121. The lowest BCUT2D eigenvalue weighted by Gasteiger charge is -2.30. The van der Waals surface area contributed by atoms with Gasteiger partial charge in [-0.05, 0) is 44.4 Å². The van der Waals surface area contributed by atoms with Crippen LogP contribution in [0.1, 0.15) is 25.3 Å². The van der Waals surface area contributed by atoms with Crippen LogP contribution in [0.3, 0.4) is 0 Å². The zero-order valence-corrected chi connectivity index (χ0v) is 12.4. The summed E-state index contributed by atoms with van der Waals surface area (Å²) >= 11 is 0. The Labute approximate surface area is 118 Å². The van der Waals surface area contributed by atoms with Gasteiger partial charge in [-0.3, -0.25) is 4.79 Å². The molecule has 1 aromatic carbocycles. The fourth-order valence-corrected chi connectivity index (χ4v) is 4.20. The minimum Gasteiger partial charge on any atom is -0.300 e. The lowest BCUT2D eigenvalue weighted by atomic mass is 9.95. The Morgan fingerprint density at radius 2 is 1.90 bits per heavy atom. The largest absolute Gasteiger partial charge is 0.300 e. The van der Waals surface area contributed by atoms with Crippen LogP contribution in [0.25, 0.3) is 0 Å². The Bertz CT molecular complexity index is 619. The SMILES string of the molecule is CC(=O)C1CCN(S(=O)(=O)c2cc(F)ccc2C)CC1. The van der Waals surface area contributed by atoms with E-state index in [1.54, 1.807) is 6.92 Å². The highest BCUT2D eigenvalue weighted by molar-refractivity contribution is 7.89. The van der Waals surface area contributed by atoms with Crippen molar-refractivity contribution in [2.75, 3.05) is 13.1 Å².